The summed E-state index contributed by atoms with van der Waals surface area (Å²) in [4.78, 5) is 12.5. The molecule has 0 aromatic heterocycles. The van der Waals surface area contributed by atoms with Crippen molar-refractivity contribution in [3.63, 3.8) is 0 Å². The maximum atomic E-state index is 12.5. The number of nitrogens with one attached hydrogen (secondary N) is 2. The summed E-state index contributed by atoms with van der Waals surface area (Å²) in [5.41, 5.74) is 0.847. The van der Waals surface area contributed by atoms with Gasteiger partial charge in [0, 0.05) is 17.9 Å². The Morgan fingerprint density at radius 1 is 1.29 bits per heavy atom. The molecule has 1 saturated heterocycles. The summed E-state index contributed by atoms with van der Waals surface area (Å²) >= 11 is 0. The topological polar surface area (TPSA) is 50.4 Å². The van der Waals surface area contributed by atoms with Gasteiger partial charge in [-0.15, -0.1) is 0 Å². The summed E-state index contributed by atoms with van der Waals surface area (Å²) in [5, 5.41) is 6.56. The Labute approximate surface area is 126 Å². The number of benzene rings is 1. The van der Waals surface area contributed by atoms with Gasteiger partial charge in [-0.05, 0) is 45.8 Å². The fourth-order valence-corrected chi connectivity index (χ4v) is 3.30. The number of amides is 1. The molecule has 4 heteroatoms. The first kappa shape index (κ1) is 14.4. The molecule has 1 fully saturated rings. The highest BCUT2D eigenvalue weighted by molar-refractivity contribution is 5.79. The molecular weight excluding hydrogens is 264 g/mol. The van der Waals surface area contributed by atoms with Gasteiger partial charge >= 0.3 is 0 Å². The zero-order valence-corrected chi connectivity index (χ0v) is 12.8. The highest BCUT2D eigenvalue weighted by Crippen LogP contribution is 2.39. The van der Waals surface area contributed by atoms with Crippen molar-refractivity contribution in [1.82, 2.24) is 10.6 Å². The molecule has 1 aromatic carbocycles. The second-order valence-corrected chi connectivity index (χ2v) is 6.69. The fourth-order valence-electron chi connectivity index (χ4n) is 3.30. The summed E-state index contributed by atoms with van der Waals surface area (Å²) < 4.78 is 6.02. The monoisotopic (exact) mass is 288 g/mol. The molecule has 2 aliphatic rings. The number of hydrogen-bond donors (Lipinski definition) is 2. The van der Waals surface area contributed by atoms with E-state index in [1.54, 1.807) is 0 Å². The number of carbonyl (C=O) groups is 1. The van der Waals surface area contributed by atoms with Gasteiger partial charge in [0.15, 0.2) is 0 Å². The van der Waals surface area contributed by atoms with Crippen molar-refractivity contribution >= 4 is 5.91 Å². The minimum Gasteiger partial charge on any atom is -0.487 e. The van der Waals surface area contributed by atoms with Crippen LogP contribution >= 0.6 is 0 Å². The summed E-state index contributed by atoms with van der Waals surface area (Å²) in [5.74, 6) is 1.22. The zero-order valence-electron chi connectivity index (χ0n) is 12.8. The Hall–Kier alpha value is -1.55. The van der Waals surface area contributed by atoms with Crippen LogP contribution in [0.1, 0.15) is 44.7 Å². The predicted molar refractivity (Wildman–Crippen MR) is 82.2 cm³/mol. The molecular formula is C17H24N2O2. The van der Waals surface area contributed by atoms with Crippen molar-refractivity contribution in [3.05, 3.63) is 29.8 Å². The smallest absolute Gasteiger partial charge is 0.223 e. The number of carbonyl (C=O) groups excluding carboxylic acids is 1. The average Bonchev–Trinajstić information content (AvgIpc) is 2.47. The third-order valence-corrected chi connectivity index (χ3v) is 4.40. The van der Waals surface area contributed by atoms with Gasteiger partial charge < -0.3 is 15.4 Å². The van der Waals surface area contributed by atoms with Gasteiger partial charge in [0.25, 0.3) is 0 Å². The van der Waals surface area contributed by atoms with Crippen molar-refractivity contribution in [2.45, 2.75) is 44.8 Å². The van der Waals surface area contributed by atoms with Crippen LogP contribution in [0.2, 0.25) is 0 Å². The highest BCUT2D eigenvalue weighted by Gasteiger charge is 2.35. The molecule has 21 heavy (non-hydrogen) atoms. The van der Waals surface area contributed by atoms with Crippen molar-refractivity contribution < 1.29 is 9.53 Å². The van der Waals surface area contributed by atoms with Crippen LogP contribution in [0, 0.1) is 5.92 Å². The zero-order chi connectivity index (χ0) is 14.9. The summed E-state index contributed by atoms with van der Waals surface area (Å²) in [6.07, 6.45) is 2.67. The highest BCUT2D eigenvalue weighted by atomic mass is 16.5. The number of piperidine rings is 1. The Balaban J connectivity index is 1.76. The lowest BCUT2D eigenvalue weighted by Gasteiger charge is -2.38. The van der Waals surface area contributed by atoms with Crippen molar-refractivity contribution in [2.24, 2.45) is 5.92 Å². The van der Waals surface area contributed by atoms with Crippen LogP contribution in [0.5, 0.6) is 5.75 Å². The summed E-state index contributed by atoms with van der Waals surface area (Å²) in [6.45, 7) is 6.03. The third kappa shape index (κ3) is 3.21. The minimum atomic E-state index is -0.250. The van der Waals surface area contributed by atoms with Crippen LogP contribution in [0.3, 0.4) is 0 Å². The molecule has 0 radical (unpaired) electrons. The molecule has 2 N–H and O–H groups in total. The van der Waals surface area contributed by atoms with Gasteiger partial charge in [-0.25, -0.2) is 0 Å². The quantitative estimate of drug-likeness (QED) is 0.878. The molecule has 1 amide bonds. The molecule has 2 heterocycles. The Morgan fingerprint density at radius 3 is 2.76 bits per heavy atom. The van der Waals surface area contributed by atoms with Crippen molar-refractivity contribution in [3.8, 4) is 5.75 Å². The van der Waals surface area contributed by atoms with Crippen LogP contribution in [0.25, 0.3) is 0 Å². The Morgan fingerprint density at radius 2 is 2.00 bits per heavy atom. The van der Waals surface area contributed by atoms with E-state index in [1.165, 1.54) is 0 Å². The van der Waals surface area contributed by atoms with E-state index in [1.807, 2.05) is 18.2 Å². The van der Waals surface area contributed by atoms with E-state index in [0.29, 0.717) is 0 Å². The van der Waals surface area contributed by atoms with Gasteiger partial charge in [0.05, 0.1) is 6.04 Å². The lowest BCUT2D eigenvalue weighted by atomic mass is 9.88. The van der Waals surface area contributed by atoms with E-state index >= 15 is 0 Å². The molecule has 0 spiro atoms. The lowest BCUT2D eigenvalue weighted by Crippen LogP contribution is -2.44. The molecule has 114 valence electrons. The SMILES string of the molecule is CC1(C)CC(NC(=O)C2CCNCC2)c2ccccc2O1. The molecule has 1 aromatic rings. The van der Waals surface area contributed by atoms with E-state index in [2.05, 4.69) is 30.5 Å². The fraction of sp³-hybridized carbons (Fsp3) is 0.588. The van der Waals surface area contributed by atoms with Gasteiger partial charge in [0.1, 0.15) is 11.4 Å². The molecule has 1 unspecified atom stereocenters. The number of hydrogen-bond acceptors (Lipinski definition) is 3. The van der Waals surface area contributed by atoms with E-state index in [9.17, 15) is 4.79 Å². The van der Waals surface area contributed by atoms with Crippen LogP contribution < -0.4 is 15.4 Å². The average molecular weight is 288 g/mol. The second-order valence-electron chi connectivity index (χ2n) is 6.69. The van der Waals surface area contributed by atoms with Crippen LogP contribution in [-0.4, -0.2) is 24.6 Å². The Bertz CT molecular complexity index is 521. The second kappa shape index (κ2) is 5.68. The standard InChI is InChI=1S/C17H24N2O2/c1-17(2)11-14(13-5-3-4-6-15(13)21-17)19-16(20)12-7-9-18-10-8-12/h3-6,12,14,18H,7-11H2,1-2H3,(H,19,20). The molecule has 2 aliphatic heterocycles. The third-order valence-electron chi connectivity index (χ3n) is 4.40. The molecule has 0 bridgehead atoms. The summed E-state index contributed by atoms with van der Waals surface area (Å²) in [6, 6.07) is 8.07. The van der Waals surface area contributed by atoms with E-state index < -0.39 is 0 Å². The molecule has 4 nitrogen and oxygen atoms in total. The van der Waals surface area contributed by atoms with Crippen LogP contribution in [0.15, 0.2) is 24.3 Å². The number of fused-ring (bicyclic) bond motifs is 1. The normalized spacial score (nSPS) is 24.8. The Kier molecular flexibility index (Phi) is 3.89. The summed E-state index contributed by atoms with van der Waals surface area (Å²) in [7, 11) is 0. The van der Waals surface area contributed by atoms with Crippen molar-refractivity contribution in [1.29, 1.82) is 0 Å². The van der Waals surface area contributed by atoms with Gasteiger partial charge in [0.2, 0.25) is 5.91 Å². The maximum absolute atomic E-state index is 12.5. The molecule has 3 rings (SSSR count). The van der Waals surface area contributed by atoms with Gasteiger partial charge in [-0.3, -0.25) is 4.79 Å². The van der Waals surface area contributed by atoms with E-state index in [4.69, 9.17) is 4.74 Å². The number of para-hydroxylation sites is 1. The van der Waals surface area contributed by atoms with Crippen LogP contribution in [0.4, 0.5) is 0 Å². The first-order chi connectivity index (χ1) is 10.1. The minimum absolute atomic E-state index is 0.0485. The lowest BCUT2D eigenvalue weighted by molar-refractivity contribution is -0.127. The van der Waals surface area contributed by atoms with Gasteiger partial charge in [-0.1, -0.05) is 18.2 Å². The first-order valence-corrected chi connectivity index (χ1v) is 7.84. The van der Waals surface area contributed by atoms with Gasteiger partial charge in [-0.2, -0.15) is 0 Å². The first-order valence-electron chi connectivity index (χ1n) is 7.84. The molecule has 0 aliphatic carbocycles. The van der Waals surface area contributed by atoms with E-state index in [-0.39, 0.29) is 23.5 Å². The number of rotatable bonds is 2. The van der Waals surface area contributed by atoms with Crippen molar-refractivity contribution in [2.75, 3.05) is 13.1 Å². The van der Waals surface area contributed by atoms with Crippen LogP contribution in [-0.2, 0) is 4.79 Å². The maximum Gasteiger partial charge on any atom is 0.223 e. The number of ether oxygens (including phenoxy) is 1. The largest absolute Gasteiger partial charge is 0.487 e. The molecule has 0 saturated carbocycles. The van der Waals surface area contributed by atoms with E-state index in [0.717, 1.165) is 43.7 Å². The molecule has 1 atom stereocenters. The predicted octanol–water partition coefficient (Wildman–Crippen LogP) is 2.40.